The van der Waals surface area contributed by atoms with E-state index in [1.165, 1.54) is 17.3 Å². The van der Waals surface area contributed by atoms with Crippen molar-refractivity contribution in [3.05, 3.63) is 89.4 Å². The molecule has 0 aliphatic carbocycles. The van der Waals surface area contributed by atoms with Crippen molar-refractivity contribution in [2.24, 2.45) is 0 Å². The minimum Gasteiger partial charge on any atom is -0.325 e. The van der Waals surface area contributed by atoms with Crippen molar-refractivity contribution in [2.45, 2.75) is 12.1 Å². The van der Waals surface area contributed by atoms with Gasteiger partial charge < -0.3 is 5.32 Å². The number of rotatable bonds is 6. The summed E-state index contributed by atoms with van der Waals surface area (Å²) < 4.78 is 1.98. The van der Waals surface area contributed by atoms with Gasteiger partial charge in [-0.15, -0.1) is 10.2 Å². The highest BCUT2D eigenvalue weighted by molar-refractivity contribution is 7.99. The second-order valence-electron chi connectivity index (χ2n) is 6.69. The van der Waals surface area contributed by atoms with Gasteiger partial charge in [-0.3, -0.25) is 9.36 Å². The van der Waals surface area contributed by atoms with Crippen LogP contribution in [0.1, 0.15) is 5.56 Å². The number of aromatic nitrogens is 3. The first-order valence-corrected chi connectivity index (χ1v) is 10.7. The van der Waals surface area contributed by atoms with Gasteiger partial charge in [0.2, 0.25) is 5.91 Å². The van der Waals surface area contributed by atoms with Crippen LogP contribution >= 0.6 is 23.4 Å². The zero-order chi connectivity index (χ0) is 20.9. The molecular formula is C23H19ClN4OS. The molecule has 1 amide bonds. The fourth-order valence-electron chi connectivity index (χ4n) is 2.92. The molecule has 0 atom stereocenters. The SMILES string of the molecule is Cc1ccc(-n2c(SCC(=O)Nc3ccc(Cl)cc3)nnc2-c2ccccc2)cc1. The number of nitrogens with zero attached hydrogens (tertiary/aromatic N) is 3. The third-order valence-electron chi connectivity index (χ3n) is 4.42. The number of thioether (sulfide) groups is 1. The number of amides is 1. The molecule has 150 valence electrons. The minimum atomic E-state index is -0.123. The lowest BCUT2D eigenvalue weighted by molar-refractivity contribution is -0.113. The summed E-state index contributed by atoms with van der Waals surface area (Å²) >= 11 is 7.24. The summed E-state index contributed by atoms with van der Waals surface area (Å²) in [7, 11) is 0. The first-order chi connectivity index (χ1) is 14.6. The molecule has 30 heavy (non-hydrogen) atoms. The number of benzene rings is 3. The minimum absolute atomic E-state index is 0.123. The summed E-state index contributed by atoms with van der Waals surface area (Å²) in [6, 6.07) is 25.1. The molecule has 7 heteroatoms. The molecule has 4 rings (SSSR count). The molecular weight excluding hydrogens is 416 g/mol. The van der Waals surface area contributed by atoms with Crippen molar-refractivity contribution < 1.29 is 4.79 Å². The zero-order valence-corrected chi connectivity index (χ0v) is 17.8. The Bertz CT molecular complexity index is 1140. The number of carbonyl (C=O) groups is 1. The van der Waals surface area contributed by atoms with E-state index >= 15 is 0 Å². The van der Waals surface area contributed by atoms with Crippen molar-refractivity contribution in [2.75, 3.05) is 11.1 Å². The van der Waals surface area contributed by atoms with Gasteiger partial charge in [0.05, 0.1) is 5.75 Å². The molecule has 0 fully saturated rings. The van der Waals surface area contributed by atoms with E-state index in [4.69, 9.17) is 11.6 Å². The summed E-state index contributed by atoms with van der Waals surface area (Å²) in [5, 5.41) is 12.9. The lowest BCUT2D eigenvalue weighted by atomic mass is 10.2. The van der Waals surface area contributed by atoms with E-state index in [0.717, 1.165) is 17.1 Å². The van der Waals surface area contributed by atoms with Gasteiger partial charge in [-0.1, -0.05) is 71.4 Å². The van der Waals surface area contributed by atoms with E-state index in [2.05, 4.69) is 15.5 Å². The molecule has 0 bridgehead atoms. The van der Waals surface area contributed by atoms with Gasteiger partial charge in [-0.25, -0.2) is 0 Å². The fraction of sp³-hybridized carbons (Fsp3) is 0.0870. The maximum atomic E-state index is 12.4. The first-order valence-electron chi connectivity index (χ1n) is 9.36. The van der Waals surface area contributed by atoms with Crippen molar-refractivity contribution in [1.82, 2.24) is 14.8 Å². The Hall–Kier alpha value is -3.09. The van der Waals surface area contributed by atoms with E-state index < -0.39 is 0 Å². The van der Waals surface area contributed by atoms with Crippen LogP contribution in [0.4, 0.5) is 5.69 Å². The van der Waals surface area contributed by atoms with Crippen LogP contribution in [0.25, 0.3) is 17.1 Å². The summed E-state index contributed by atoms with van der Waals surface area (Å²) in [5.41, 5.74) is 3.78. The molecule has 0 radical (unpaired) electrons. The quantitative estimate of drug-likeness (QED) is 0.400. The Morgan fingerprint density at radius 2 is 1.67 bits per heavy atom. The van der Waals surface area contributed by atoms with Gasteiger partial charge in [0.15, 0.2) is 11.0 Å². The van der Waals surface area contributed by atoms with Crippen LogP contribution in [-0.4, -0.2) is 26.4 Å². The molecule has 5 nitrogen and oxygen atoms in total. The highest BCUT2D eigenvalue weighted by Gasteiger charge is 2.17. The van der Waals surface area contributed by atoms with Crippen LogP contribution in [0, 0.1) is 6.92 Å². The van der Waals surface area contributed by atoms with Gasteiger partial charge in [-0.2, -0.15) is 0 Å². The first kappa shape index (κ1) is 20.2. The van der Waals surface area contributed by atoms with E-state index in [0.29, 0.717) is 15.9 Å². The monoisotopic (exact) mass is 434 g/mol. The Kier molecular flexibility index (Phi) is 6.16. The number of aryl methyl sites for hydroxylation is 1. The van der Waals surface area contributed by atoms with Crippen LogP contribution < -0.4 is 5.32 Å². The number of anilines is 1. The van der Waals surface area contributed by atoms with Crippen molar-refractivity contribution in [3.8, 4) is 17.1 Å². The van der Waals surface area contributed by atoms with Crippen LogP contribution in [0.5, 0.6) is 0 Å². The molecule has 1 N–H and O–H groups in total. The zero-order valence-electron chi connectivity index (χ0n) is 16.2. The van der Waals surface area contributed by atoms with Gasteiger partial charge in [0, 0.05) is 22.0 Å². The van der Waals surface area contributed by atoms with Crippen molar-refractivity contribution in [1.29, 1.82) is 0 Å². The van der Waals surface area contributed by atoms with Gasteiger partial charge in [0.25, 0.3) is 0 Å². The van der Waals surface area contributed by atoms with Crippen LogP contribution in [0.2, 0.25) is 5.02 Å². The van der Waals surface area contributed by atoms with Crippen LogP contribution in [-0.2, 0) is 4.79 Å². The number of carbonyl (C=O) groups excluding carboxylic acids is 1. The second kappa shape index (κ2) is 9.15. The third kappa shape index (κ3) is 4.72. The Labute approximate surface area is 184 Å². The topological polar surface area (TPSA) is 59.8 Å². The van der Waals surface area contributed by atoms with E-state index in [-0.39, 0.29) is 11.7 Å². The van der Waals surface area contributed by atoms with E-state index in [1.54, 1.807) is 24.3 Å². The van der Waals surface area contributed by atoms with E-state index in [1.807, 2.05) is 66.1 Å². The summed E-state index contributed by atoms with van der Waals surface area (Å²) in [6.07, 6.45) is 0. The van der Waals surface area contributed by atoms with Gasteiger partial charge >= 0.3 is 0 Å². The normalized spacial score (nSPS) is 10.7. The molecule has 4 aromatic rings. The Morgan fingerprint density at radius 3 is 2.37 bits per heavy atom. The predicted molar refractivity (Wildman–Crippen MR) is 122 cm³/mol. The number of hydrogen-bond acceptors (Lipinski definition) is 4. The Morgan fingerprint density at radius 1 is 0.967 bits per heavy atom. The van der Waals surface area contributed by atoms with Crippen molar-refractivity contribution in [3.63, 3.8) is 0 Å². The summed E-state index contributed by atoms with van der Waals surface area (Å²) in [4.78, 5) is 12.4. The molecule has 1 aromatic heterocycles. The molecule has 0 saturated heterocycles. The molecule has 0 saturated carbocycles. The molecule has 0 aliphatic heterocycles. The Balaban J connectivity index is 1.58. The number of hydrogen-bond donors (Lipinski definition) is 1. The standard InChI is InChI=1S/C23H19ClN4OS/c1-16-7-13-20(14-8-16)28-22(17-5-3-2-4-6-17)26-27-23(28)30-15-21(29)25-19-11-9-18(24)10-12-19/h2-14H,15H2,1H3,(H,25,29). The predicted octanol–water partition coefficient (Wildman–Crippen LogP) is 5.63. The third-order valence-corrected chi connectivity index (χ3v) is 5.60. The molecule has 0 spiro atoms. The largest absolute Gasteiger partial charge is 0.325 e. The highest BCUT2D eigenvalue weighted by atomic mass is 35.5. The molecule has 3 aromatic carbocycles. The maximum absolute atomic E-state index is 12.4. The van der Waals surface area contributed by atoms with Crippen molar-refractivity contribution >= 4 is 35.0 Å². The van der Waals surface area contributed by atoms with Gasteiger partial charge in [0.1, 0.15) is 0 Å². The summed E-state index contributed by atoms with van der Waals surface area (Å²) in [6.45, 7) is 2.05. The van der Waals surface area contributed by atoms with Crippen LogP contribution in [0.15, 0.2) is 84.0 Å². The second-order valence-corrected chi connectivity index (χ2v) is 8.07. The fourth-order valence-corrected chi connectivity index (χ4v) is 3.80. The maximum Gasteiger partial charge on any atom is 0.234 e. The average Bonchev–Trinajstić information content (AvgIpc) is 3.19. The van der Waals surface area contributed by atoms with Gasteiger partial charge in [-0.05, 0) is 43.3 Å². The molecule has 1 heterocycles. The molecule has 0 unspecified atom stereocenters. The lowest BCUT2D eigenvalue weighted by Crippen LogP contribution is -2.14. The highest BCUT2D eigenvalue weighted by Crippen LogP contribution is 2.28. The lowest BCUT2D eigenvalue weighted by Gasteiger charge is -2.11. The average molecular weight is 435 g/mol. The van der Waals surface area contributed by atoms with Crippen LogP contribution in [0.3, 0.4) is 0 Å². The molecule has 0 aliphatic rings. The number of nitrogens with one attached hydrogen (secondary N) is 1. The summed E-state index contributed by atoms with van der Waals surface area (Å²) in [5.74, 6) is 0.823. The number of halogens is 1. The smallest absolute Gasteiger partial charge is 0.234 e. The van der Waals surface area contributed by atoms with E-state index in [9.17, 15) is 4.79 Å².